The predicted molar refractivity (Wildman–Crippen MR) is 57.7 cm³/mol. The molecule has 1 saturated heterocycles. The minimum Gasteiger partial charge on any atom is -0.477 e. The van der Waals surface area contributed by atoms with Crippen molar-refractivity contribution >= 4 is 5.97 Å². The van der Waals surface area contributed by atoms with Gasteiger partial charge in [-0.25, -0.2) is 9.78 Å². The molecule has 1 aliphatic heterocycles. The third-order valence-corrected chi connectivity index (χ3v) is 2.57. The van der Waals surface area contributed by atoms with E-state index in [4.69, 9.17) is 9.84 Å². The number of carboxylic acid groups (broad SMARTS) is 1. The van der Waals surface area contributed by atoms with Gasteiger partial charge in [0.05, 0.1) is 0 Å². The van der Waals surface area contributed by atoms with Gasteiger partial charge in [0.15, 0.2) is 0 Å². The molecule has 0 radical (unpaired) electrons. The van der Waals surface area contributed by atoms with Crippen molar-refractivity contribution in [3.63, 3.8) is 0 Å². The van der Waals surface area contributed by atoms with Crippen molar-refractivity contribution in [3.8, 4) is 5.88 Å². The number of aromatic carboxylic acids is 1. The van der Waals surface area contributed by atoms with Gasteiger partial charge in [-0.05, 0) is 38.1 Å². The van der Waals surface area contributed by atoms with Crippen LogP contribution in [-0.2, 0) is 0 Å². The number of nitrogens with zero attached hydrogens (tertiary/aromatic N) is 1. The van der Waals surface area contributed by atoms with E-state index in [1.165, 1.54) is 6.07 Å². The Kier molecular flexibility index (Phi) is 3.36. The smallest absolute Gasteiger partial charge is 0.341 e. The van der Waals surface area contributed by atoms with Crippen LogP contribution in [0.1, 0.15) is 23.2 Å². The van der Waals surface area contributed by atoms with Crippen molar-refractivity contribution in [1.29, 1.82) is 0 Å². The molecule has 2 rings (SSSR count). The number of ether oxygens (including phenoxy) is 1. The lowest BCUT2D eigenvalue weighted by Crippen LogP contribution is -2.34. The van der Waals surface area contributed by atoms with Crippen molar-refractivity contribution in [2.45, 2.75) is 18.9 Å². The van der Waals surface area contributed by atoms with Gasteiger partial charge in [0.1, 0.15) is 11.7 Å². The normalized spacial score (nSPS) is 17.0. The lowest BCUT2D eigenvalue weighted by molar-refractivity contribution is 0.0684. The van der Waals surface area contributed by atoms with Crippen molar-refractivity contribution in [1.82, 2.24) is 10.3 Å². The second-order valence-electron chi connectivity index (χ2n) is 3.73. The Morgan fingerprint density at radius 3 is 2.94 bits per heavy atom. The Bertz CT molecular complexity index is 375. The summed E-state index contributed by atoms with van der Waals surface area (Å²) < 4.78 is 5.62. The summed E-state index contributed by atoms with van der Waals surface area (Å²) in [6.07, 6.45) is 3.38. The van der Waals surface area contributed by atoms with Gasteiger partial charge < -0.3 is 15.2 Å². The molecule has 0 atom stereocenters. The molecule has 1 aromatic rings. The number of rotatable bonds is 3. The van der Waals surface area contributed by atoms with Crippen molar-refractivity contribution in [2.24, 2.45) is 0 Å². The van der Waals surface area contributed by atoms with Gasteiger partial charge >= 0.3 is 5.97 Å². The second kappa shape index (κ2) is 4.94. The molecule has 0 saturated carbocycles. The molecule has 2 N–H and O–H groups in total. The molecule has 2 heterocycles. The topological polar surface area (TPSA) is 71.5 Å². The molecule has 5 heteroatoms. The SMILES string of the molecule is O=C(O)c1cccnc1OC1CCNCC1. The Balaban J connectivity index is 2.10. The maximum absolute atomic E-state index is 10.9. The van der Waals surface area contributed by atoms with Gasteiger partial charge in [-0.2, -0.15) is 0 Å². The lowest BCUT2D eigenvalue weighted by atomic mass is 10.1. The third-order valence-electron chi connectivity index (χ3n) is 2.57. The van der Waals surface area contributed by atoms with E-state index in [9.17, 15) is 4.79 Å². The van der Waals surface area contributed by atoms with Gasteiger partial charge in [-0.1, -0.05) is 0 Å². The molecule has 0 bridgehead atoms. The van der Waals surface area contributed by atoms with Gasteiger partial charge in [0.25, 0.3) is 0 Å². The first kappa shape index (κ1) is 10.9. The quantitative estimate of drug-likeness (QED) is 0.795. The van der Waals surface area contributed by atoms with Gasteiger partial charge in [0, 0.05) is 6.20 Å². The average Bonchev–Trinajstić information content (AvgIpc) is 2.31. The lowest BCUT2D eigenvalue weighted by Gasteiger charge is -2.23. The highest BCUT2D eigenvalue weighted by Gasteiger charge is 2.18. The van der Waals surface area contributed by atoms with Crippen LogP contribution in [0.4, 0.5) is 0 Å². The van der Waals surface area contributed by atoms with E-state index >= 15 is 0 Å². The molecule has 1 aliphatic rings. The molecule has 86 valence electrons. The first-order valence-corrected chi connectivity index (χ1v) is 5.33. The fourth-order valence-corrected chi connectivity index (χ4v) is 1.72. The van der Waals surface area contributed by atoms with Crippen LogP contribution in [0, 0.1) is 0 Å². The second-order valence-corrected chi connectivity index (χ2v) is 3.73. The summed E-state index contributed by atoms with van der Waals surface area (Å²) in [5, 5.41) is 12.2. The molecule has 0 unspecified atom stereocenters. The number of nitrogens with one attached hydrogen (secondary N) is 1. The fraction of sp³-hybridized carbons (Fsp3) is 0.455. The summed E-state index contributed by atoms with van der Waals surface area (Å²) in [4.78, 5) is 14.9. The summed E-state index contributed by atoms with van der Waals surface area (Å²) in [7, 11) is 0. The minimum atomic E-state index is -1.00. The standard InChI is InChI=1S/C11H14N2O3/c14-11(15)9-2-1-5-13-10(9)16-8-3-6-12-7-4-8/h1-2,5,8,12H,3-4,6-7H2,(H,14,15). The molecule has 0 spiro atoms. The zero-order valence-electron chi connectivity index (χ0n) is 8.85. The third kappa shape index (κ3) is 2.49. The Morgan fingerprint density at radius 1 is 1.50 bits per heavy atom. The summed E-state index contributed by atoms with van der Waals surface area (Å²) in [6, 6.07) is 3.10. The van der Waals surface area contributed by atoms with Gasteiger partial charge in [-0.15, -0.1) is 0 Å². The van der Waals surface area contributed by atoms with E-state index in [0.717, 1.165) is 25.9 Å². The van der Waals surface area contributed by atoms with E-state index in [2.05, 4.69) is 10.3 Å². The van der Waals surface area contributed by atoms with Crippen LogP contribution in [0.2, 0.25) is 0 Å². The number of pyridine rings is 1. The van der Waals surface area contributed by atoms with Crippen LogP contribution < -0.4 is 10.1 Å². The van der Waals surface area contributed by atoms with Crippen LogP contribution in [-0.4, -0.2) is 35.3 Å². The maximum Gasteiger partial charge on any atom is 0.341 e. The van der Waals surface area contributed by atoms with Crippen LogP contribution >= 0.6 is 0 Å². The zero-order chi connectivity index (χ0) is 11.4. The van der Waals surface area contributed by atoms with Crippen molar-refractivity contribution in [3.05, 3.63) is 23.9 Å². The van der Waals surface area contributed by atoms with Gasteiger partial charge in [-0.3, -0.25) is 0 Å². The number of hydrogen-bond donors (Lipinski definition) is 2. The maximum atomic E-state index is 10.9. The summed E-state index contributed by atoms with van der Waals surface area (Å²) in [5.74, 6) is -0.779. The van der Waals surface area contributed by atoms with Crippen LogP contribution in [0.25, 0.3) is 0 Å². The summed E-state index contributed by atoms with van der Waals surface area (Å²) in [5.41, 5.74) is 0.126. The summed E-state index contributed by atoms with van der Waals surface area (Å²) >= 11 is 0. The Hall–Kier alpha value is -1.62. The number of aromatic nitrogens is 1. The van der Waals surface area contributed by atoms with E-state index in [1.54, 1.807) is 12.3 Å². The highest BCUT2D eigenvalue weighted by atomic mass is 16.5. The van der Waals surface area contributed by atoms with E-state index < -0.39 is 5.97 Å². The average molecular weight is 222 g/mol. The number of hydrogen-bond acceptors (Lipinski definition) is 4. The minimum absolute atomic E-state index is 0.0641. The number of piperidine rings is 1. The molecule has 0 aliphatic carbocycles. The Morgan fingerprint density at radius 2 is 2.25 bits per heavy atom. The van der Waals surface area contributed by atoms with Crippen molar-refractivity contribution in [2.75, 3.05) is 13.1 Å². The molecule has 0 amide bonds. The Labute approximate surface area is 93.5 Å². The molecular weight excluding hydrogens is 208 g/mol. The highest BCUT2D eigenvalue weighted by Crippen LogP contribution is 2.18. The molecule has 0 aromatic carbocycles. The molecule has 1 aromatic heterocycles. The van der Waals surface area contributed by atoms with Gasteiger partial charge in [0.2, 0.25) is 5.88 Å². The van der Waals surface area contributed by atoms with Crippen LogP contribution in [0.3, 0.4) is 0 Å². The zero-order valence-corrected chi connectivity index (χ0v) is 8.85. The molecule has 1 fully saturated rings. The van der Waals surface area contributed by atoms with Crippen molar-refractivity contribution < 1.29 is 14.6 Å². The highest BCUT2D eigenvalue weighted by molar-refractivity contribution is 5.90. The molecule has 5 nitrogen and oxygen atoms in total. The van der Waals surface area contributed by atoms with E-state index in [0.29, 0.717) is 0 Å². The predicted octanol–water partition coefficient (Wildman–Crippen LogP) is 0.911. The molecular formula is C11H14N2O3. The first-order valence-electron chi connectivity index (χ1n) is 5.33. The first-order chi connectivity index (χ1) is 7.77. The summed E-state index contributed by atoms with van der Waals surface area (Å²) in [6.45, 7) is 1.81. The largest absolute Gasteiger partial charge is 0.477 e. The van der Waals surface area contributed by atoms with Crippen LogP contribution in [0.15, 0.2) is 18.3 Å². The van der Waals surface area contributed by atoms with E-state index in [-0.39, 0.29) is 17.5 Å². The fourth-order valence-electron chi connectivity index (χ4n) is 1.72. The number of carbonyl (C=O) groups is 1. The monoisotopic (exact) mass is 222 g/mol. The number of carboxylic acids is 1. The van der Waals surface area contributed by atoms with Crippen LogP contribution in [0.5, 0.6) is 5.88 Å². The molecule has 16 heavy (non-hydrogen) atoms. The van der Waals surface area contributed by atoms with E-state index in [1.807, 2.05) is 0 Å².